The fraction of sp³-hybridized carbons (Fsp3) is 0.913. The average Bonchev–Trinajstić information content (AvgIpc) is 2.61. The smallest absolute Gasteiger partial charge is 0.0667 e. The summed E-state index contributed by atoms with van der Waals surface area (Å²) in [5.41, 5.74) is 0. The Labute approximate surface area is 158 Å². The van der Waals surface area contributed by atoms with Gasteiger partial charge in [0.2, 0.25) is 0 Å². The lowest BCUT2D eigenvalue weighted by Gasteiger charge is -2.29. The first kappa shape index (κ1) is 22.7. The van der Waals surface area contributed by atoms with Crippen LogP contribution >= 0.6 is 0 Å². The SMILES string of the molecule is CCCCCCCCC=CCCCCCCCCN1CCCC(O)C1. The van der Waals surface area contributed by atoms with Gasteiger partial charge in [-0.1, -0.05) is 76.9 Å². The Morgan fingerprint density at radius 3 is 1.96 bits per heavy atom. The van der Waals surface area contributed by atoms with Crippen LogP contribution in [0.15, 0.2) is 12.2 Å². The third-order valence-corrected chi connectivity index (χ3v) is 5.47. The number of hydrogen-bond acceptors (Lipinski definition) is 2. The van der Waals surface area contributed by atoms with E-state index in [0.717, 1.165) is 13.0 Å². The second-order valence-electron chi connectivity index (χ2n) is 8.03. The van der Waals surface area contributed by atoms with E-state index >= 15 is 0 Å². The summed E-state index contributed by atoms with van der Waals surface area (Å²) in [7, 11) is 0. The first-order valence-electron chi connectivity index (χ1n) is 11.4. The number of β-amino-alcohol motifs (C(OH)–C–C–N with tert-alkyl or cyclic N) is 1. The van der Waals surface area contributed by atoms with Gasteiger partial charge in [-0.3, -0.25) is 0 Å². The lowest BCUT2D eigenvalue weighted by Crippen LogP contribution is -2.38. The van der Waals surface area contributed by atoms with Gasteiger partial charge in [-0.15, -0.1) is 0 Å². The molecule has 0 saturated carbocycles. The zero-order valence-corrected chi connectivity index (χ0v) is 17.1. The highest BCUT2D eigenvalue weighted by Crippen LogP contribution is 2.13. The fourth-order valence-corrected chi connectivity index (χ4v) is 3.82. The highest BCUT2D eigenvalue weighted by atomic mass is 16.3. The molecule has 1 aliphatic rings. The highest BCUT2D eigenvalue weighted by molar-refractivity contribution is 4.81. The van der Waals surface area contributed by atoms with E-state index in [2.05, 4.69) is 24.0 Å². The Balaban J connectivity index is 1.75. The summed E-state index contributed by atoms with van der Waals surface area (Å²) in [5, 5.41) is 9.67. The van der Waals surface area contributed by atoms with Crippen LogP contribution in [0.25, 0.3) is 0 Å². The van der Waals surface area contributed by atoms with Gasteiger partial charge in [0.05, 0.1) is 6.10 Å². The van der Waals surface area contributed by atoms with Gasteiger partial charge in [0.15, 0.2) is 0 Å². The average molecular weight is 352 g/mol. The number of piperidine rings is 1. The summed E-state index contributed by atoms with van der Waals surface area (Å²) < 4.78 is 0. The van der Waals surface area contributed by atoms with E-state index in [0.29, 0.717) is 0 Å². The van der Waals surface area contributed by atoms with Gasteiger partial charge in [-0.05, 0) is 58.0 Å². The Kier molecular flexibility index (Phi) is 15.5. The van der Waals surface area contributed by atoms with Crippen LogP contribution in [0.4, 0.5) is 0 Å². The van der Waals surface area contributed by atoms with Gasteiger partial charge >= 0.3 is 0 Å². The number of unbranched alkanes of at least 4 members (excludes halogenated alkanes) is 12. The second kappa shape index (κ2) is 17.1. The maximum Gasteiger partial charge on any atom is 0.0667 e. The summed E-state index contributed by atoms with van der Waals surface area (Å²) in [5.74, 6) is 0. The molecule has 0 aromatic rings. The predicted octanol–water partition coefficient (Wildman–Crippen LogP) is 6.48. The molecule has 0 radical (unpaired) electrons. The molecular weight excluding hydrogens is 306 g/mol. The number of nitrogens with zero attached hydrogens (tertiary/aromatic N) is 1. The van der Waals surface area contributed by atoms with E-state index in [1.807, 2.05) is 0 Å². The minimum atomic E-state index is -0.0668. The Hall–Kier alpha value is -0.340. The van der Waals surface area contributed by atoms with E-state index in [1.165, 1.54) is 109 Å². The number of allylic oxidation sites excluding steroid dienone is 2. The number of rotatable bonds is 16. The topological polar surface area (TPSA) is 23.5 Å². The zero-order chi connectivity index (χ0) is 18.0. The molecule has 0 aromatic carbocycles. The molecule has 1 unspecified atom stereocenters. The van der Waals surface area contributed by atoms with Crippen molar-refractivity contribution in [3.8, 4) is 0 Å². The molecule has 1 rings (SSSR count). The standard InChI is InChI=1S/C23H45NO/c1-2-3-4-5-6-7-8-9-10-11-12-13-14-15-16-17-20-24-21-18-19-23(25)22-24/h9-10,23,25H,2-8,11-22H2,1H3. The monoisotopic (exact) mass is 351 g/mol. The Morgan fingerprint density at radius 1 is 0.800 bits per heavy atom. The number of aliphatic hydroxyl groups is 1. The number of aliphatic hydroxyl groups excluding tert-OH is 1. The lowest BCUT2D eigenvalue weighted by atomic mass is 10.1. The van der Waals surface area contributed by atoms with Crippen molar-refractivity contribution in [3.05, 3.63) is 12.2 Å². The molecule has 2 nitrogen and oxygen atoms in total. The maximum atomic E-state index is 9.67. The number of hydrogen-bond donors (Lipinski definition) is 1. The molecule has 0 bridgehead atoms. The third-order valence-electron chi connectivity index (χ3n) is 5.47. The molecular formula is C23H45NO. The molecule has 1 aliphatic heterocycles. The van der Waals surface area contributed by atoms with Crippen LogP contribution < -0.4 is 0 Å². The van der Waals surface area contributed by atoms with Crippen LogP contribution in [0.1, 0.15) is 110 Å². The van der Waals surface area contributed by atoms with Crippen molar-refractivity contribution in [2.45, 2.75) is 116 Å². The first-order valence-corrected chi connectivity index (χ1v) is 11.4. The maximum absolute atomic E-state index is 9.67. The molecule has 148 valence electrons. The zero-order valence-electron chi connectivity index (χ0n) is 17.1. The molecule has 1 N–H and O–H groups in total. The van der Waals surface area contributed by atoms with Crippen molar-refractivity contribution in [2.24, 2.45) is 0 Å². The number of likely N-dealkylation sites (tertiary alicyclic amines) is 1. The Morgan fingerprint density at radius 2 is 1.36 bits per heavy atom. The summed E-state index contributed by atoms with van der Waals surface area (Å²) in [6.45, 7) is 5.58. The summed E-state index contributed by atoms with van der Waals surface area (Å²) in [6, 6.07) is 0. The van der Waals surface area contributed by atoms with Gasteiger partial charge in [0.25, 0.3) is 0 Å². The normalized spacial score (nSPS) is 19.0. The van der Waals surface area contributed by atoms with Gasteiger partial charge in [-0.2, -0.15) is 0 Å². The minimum absolute atomic E-state index is 0.0668. The summed E-state index contributed by atoms with van der Waals surface area (Å²) >= 11 is 0. The van der Waals surface area contributed by atoms with Crippen LogP contribution in [0.5, 0.6) is 0 Å². The fourth-order valence-electron chi connectivity index (χ4n) is 3.82. The van der Waals surface area contributed by atoms with Crippen molar-refractivity contribution in [1.82, 2.24) is 4.90 Å². The molecule has 1 atom stereocenters. The van der Waals surface area contributed by atoms with Crippen LogP contribution in [0.2, 0.25) is 0 Å². The summed E-state index contributed by atoms with van der Waals surface area (Å²) in [4.78, 5) is 2.45. The van der Waals surface area contributed by atoms with Crippen molar-refractivity contribution >= 4 is 0 Å². The largest absolute Gasteiger partial charge is 0.392 e. The van der Waals surface area contributed by atoms with Gasteiger partial charge in [0, 0.05) is 6.54 Å². The molecule has 1 saturated heterocycles. The van der Waals surface area contributed by atoms with Gasteiger partial charge in [-0.25, -0.2) is 0 Å². The molecule has 2 heteroatoms. The molecule has 25 heavy (non-hydrogen) atoms. The highest BCUT2D eigenvalue weighted by Gasteiger charge is 2.16. The molecule has 0 aliphatic carbocycles. The lowest BCUT2D eigenvalue weighted by molar-refractivity contribution is 0.0698. The van der Waals surface area contributed by atoms with Crippen LogP contribution in [-0.4, -0.2) is 35.7 Å². The molecule has 1 heterocycles. The first-order chi connectivity index (χ1) is 12.3. The van der Waals surface area contributed by atoms with Crippen molar-refractivity contribution < 1.29 is 5.11 Å². The van der Waals surface area contributed by atoms with Crippen LogP contribution in [-0.2, 0) is 0 Å². The van der Waals surface area contributed by atoms with E-state index in [4.69, 9.17) is 0 Å². The summed E-state index contributed by atoms with van der Waals surface area (Å²) in [6.07, 6.45) is 26.1. The quantitative estimate of drug-likeness (QED) is 0.254. The molecule has 0 amide bonds. The second-order valence-corrected chi connectivity index (χ2v) is 8.03. The molecule has 0 spiro atoms. The third kappa shape index (κ3) is 14.5. The minimum Gasteiger partial charge on any atom is -0.392 e. The molecule has 1 fully saturated rings. The van der Waals surface area contributed by atoms with Crippen LogP contribution in [0, 0.1) is 0 Å². The van der Waals surface area contributed by atoms with Crippen LogP contribution in [0.3, 0.4) is 0 Å². The van der Waals surface area contributed by atoms with E-state index in [-0.39, 0.29) is 6.10 Å². The predicted molar refractivity (Wildman–Crippen MR) is 111 cm³/mol. The van der Waals surface area contributed by atoms with E-state index in [1.54, 1.807) is 0 Å². The van der Waals surface area contributed by atoms with Crippen molar-refractivity contribution in [2.75, 3.05) is 19.6 Å². The van der Waals surface area contributed by atoms with Crippen molar-refractivity contribution in [3.63, 3.8) is 0 Å². The van der Waals surface area contributed by atoms with Gasteiger partial charge < -0.3 is 10.0 Å². The van der Waals surface area contributed by atoms with Gasteiger partial charge in [0.1, 0.15) is 0 Å². The van der Waals surface area contributed by atoms with Crippen molar-refractivity contribution in [1.29, 1.82) is 0 Å². The van der Waals surface area contributed by atoms with E-state index < -0.39 is 0 Å². The Bertz CT molecular complexity index is 302. The van der Waals surface area contributed by atoms with E-state index in [9.17, 15) is 5.11 Å². The molecule has 0 aromatic heterocycles.